The molecule has 0 aliphatic carbocycles. The van der Waals surface area contributed by atoms with Crippen molar-refractivity contribution in [1.29, 1.82) is 5.26 Å². The molecule has 2 saturated heterocycles. The van der Waals surface area contributed by atoms with Crippen LogP contribution in [0.25, 0.3) is 0 Å². The van der Waals surface area contributed by atoms with Gasteiger partial charge in [-0.3, -0.25) is 4.79 Å². The van der Waals surface area contributed by atoms with E-state index in [1.165, 1.54) is 29.3 Å². The Hall–Kier alpha value is -1.95. The topological polar surface area (TPSA) is 93.5 Å². The van der Waals surface area contributed by atoms with Crippen LogP contribution in [-0.4, -0.2) is 62.8 Å². The molecule has 0 radical (unpaired) electrons. The van der Waals surface area contributed by atoms with Gasteiger partial charge in [0.2, 0.25) is 15.9 Å². The van der Waals surface area contributed by atoms with E-state index in [4.69, 9.17) is 5.26 Å². The fourth-order valence-corrected chi connectivity index (χ4v) is 5.41. The fourth-order valence-electron chi connectivity index (χ4n) is 3.90. The van der Waals surface area contributed by atoms with Crippen molar-refractivity contribution in [3.05, 3.63) is 29.8 Å². The highest BCUT2D eigenvalue weighted by Crippen LogP contribution is 2.24. The van der Waals surface area contributed by atoms with Gasteiger partial charge in [0, 0.05) is 25.6 Å². The van der Waals surface area contributed by atoms with Crippen LogP contribution in [0.2, 0.25) is 0 Å². The van der Waals surface area contributed by atoms with Crippen molar-refractivity contribution < 1.29 is 13.2 Å². The Morgan fingerprint density at radius 1 is 1.18 bits per heavy atom. The molecule has 7 nitrogen and oxygen atoms in total. The quantitative estimate of drug-likeness (QED) is 0.696. The van der Waals surface area contributed by atoms with Crippen molar-refractivity contribution in [3.8, 4) is 6.07 Å². The average molecular weight is 405 g/mol. The molecule has 0 spiro atoms. The first-order valence-corrected chi connectivity index (χ1v) is 11.4. The molecule has 2 fully saturated rings. The van der Waals surface area contributed by atoms with E-state index in [2.05, 4.69) is 10.2 Å². The summed E-state index contributed by atoms with van der Waals surface area (Å²) in [6.07, 6.45) is 4.54. The molecule has 8 heteroatoms. The number of amides is 1. The molecule has 1 N–H and O–H groups in total. The van der Waals surface area contributed by atoms with E-state index in [0.29, 0.717) is 38.0 Å². The maximum Gasteiger partial charge on any atom is 0.243 e. The van der Waals surface area contributed by atoms with Gasteiger partial charge >= 0.3 is 0 Å². The molecule has 1 amide bonds. The molecular weight excluding hydrogens is 376 g/mol. The molecule has 2 aliphatic rings. The third-order valence-electron chi connectivity index (χ3n) is 5.57. The zero-order valence-electron chi connectivity index (χ0n) is 16.1. The summed E-state index contributed by atoms with van der Waals surface area (Å²) in [5.74, 6) is -0.103. The molecule has 2 aliphatic heterocycles. The molecule has 1 aromatic carbocycles. The van der Waals surface area contributed by atoms with Crippen LogP contribution in [0, 0.1) is 17.2 Å². The number of carbonyl (C=O) groups excluding carboxylic acids is 1. The second-order valence-electron chi connectivity index (χ2n) is 7.51. The lowest BCUT2D eigenvalue weighted by atomic mass is 9.97. The highest BCUT2D eigenvalue weighted by atomic mass is 32.2. The Bertz CT molecular complexity index is 820. The first kappa shape index (κ1) is 20.8. The molecule has 0 unspecified atom stereocenters. The van der Waals surface area contributed by atoms with Crippen LogP contribution in [0.3, 0.4) is 0 Å². The van der Waals surface area contributed by atoms with Crippen LogP contribution >= 0.6 is 0 Å². The predicted octanol–water partition coefficient (Wildman–Crippen LogP) is 1.56. The molecule has 0 aromatic heterocycles. The second-order valence-corrected chi connectivity index (χ2v) is 9.45. The Kier molecular flexibility index (Phi) is 7.05. The van der Waals surface area contributed by atoms with Gasteiger partial charge in [0.25, 0.3) is 0 Å². The molecule has 28 heavy (non-hydrogen) atoms. The molecule has 0 bridgehead atoms. The van der Waals surface area contributed by atoms with E-state index in [0.717, 1.165) is 26.1 Å². The smallest absolute Gasteiger partial charge is 0.243 e. The predicted molar refractivity (Wildman–Crippen MR) is 106 cm³/mol. The van der Waals surface area contributed by atoms with Crippen molar-refractivity contribution in [2.24, 2.45) is 5.92 Å². The summed E-state index contributed by atoms with van der Waals surface area (Å²) in [5.41, 5.74) is 0.323. The van der Waals surface area contributed by atoms with Crippen LogP contribution in [0.5, 0.6) is 0 Å². The standard InChI is InChI=1S/C20H28N4O3S/c21-16-17-5-3-6-19(15-17)28(26,27)24-13-7-18(8-14-24)20(25)22-9-4-12-23-10-1-2-11-23/h3,5-6,15,18H,1-2,4,7-14H2,(H,22,25). The van der Waals surface area contributed by atoms with E-state index < -0.39 is 10.0 Å². The lowest BCUT2D eigenvalue weighted by Gasteiger charge is -2.30. The monoisotopic (exact) mass is 404 g/mol. The first-order valence-electron chi connectivity index (χ1n) is 10.0. The van der Waals surface area contributed by atoms with E-state index in [-0.39, 0.29) is 16.7 Å². The summed E-state index contributed by atoms with van der Waals surface area (Å²) < 4.78 is 27.0. The minimum absolute atomic E-state index is 0.0324. The Labute approximate surface area is 167 Å². The van der Waals surface area contributed by atoms with E-state index >= 15 is 0 Å². The van der Waals surface area contributed by atoms with Crippen LogP contribution in [-0.2, 0) is 14.8 Å². The molecule has 0 saturated carbocycles. The first-order chi connectivity index (χ1) is 13.5. The van der Waals surface area contributed by atoms with Gasteiger partial charge in [0.1, 0.15) is 0 Å². The summed E-state index contributed by atoms with van der Waals surface area (Å²) in [4.78, 5) is 14.9. The van der Waals surface area contributed by atoms with Gasteiger partial charge in [-0.1, -0.05) is 6.07 Å². The van der Waals surface area contributed by atoms with Crippen LogP contribution < -0.4 is 5.32 Å². The highest BCUT2D eigenvalue weighted by Gasteiger charge is 2.32. The van der Waals surface area contributed by atoms with Crippen LogP contribution in [0.15, 0.2) is 29.2 Å². The van der Waals surface area contributed by atoms with Gasteiger partial charge in [0.05, 0.1) is 16.5 Å². The van der Waals surface area contributed by atoms with Gasteiger partial charge < -0.3 is 10.2 Å². The Morgan fingerprint density at radius 2 is 1.89 bits per heavy atom. The lowest BCUT2D eigenvalue weighted by Crippen LogP contribution is -2.43. The van der Waals surface area contributed by atoms with E-state index in [9.17, 15) is 13.2 Å². The average Bonchev–Trinajstić information content (AvgIpc) is 3.24. The van der Waals surface area contributed by atoms with E-state index in [1.807, 2.05) is 6.07 Å². The highest BCUT2D eigenvalue weighted by molar-refractivity contribution is 7.89. The van der Waals surface area contributed by atoms with Gasteiger partial charge in [-0.2, -0.15) is 9.57 Å². The van der Waals surface area contributed by atoms with Crippen molar-refractivity contribution >= 4 is 15.9 Å². The normalized spacial score (nSPS) is 19.4. The number of sulfonamides is 1. The number of nitrogens with one attached hydrogen (secondary N) is 1. The van der Waals surface area contributed by atoms with Crippen LogP contribution in [0.4, 0.5) is 0 Å². The molecule has 1 aromatic rings. The second kappa shape index (κ2) is 9.50. The summed E-state index contributed by atoms with van der Waals surface area (Å²) in [5, 5.41) is 12.0. The Morgan fingerprint density at radius 3 is 2.57 bits per heavy atom. The molecule has 0 atom stereocenters. The summed E-state index contributed by atoms with van der Waals surface area (Å²) in [6, 6.07) is 8.03. The maximum absolute atomic E-state index is 12.8. The lowest BCUT2D eigenvalue weighted by molar-refractivity contribution is -0.126. The third kappa shape index (κ3) is 5.10. The Balaban J connectivity index is 1.45. The SMILES string of the molecule is N#Cc1cccc(S(=O)(=O)N2CCC(C(=O)NCCCN3CCCC3)CC2)c1. The number of carbonyl (C=O) groups is 1. The van der Waals surface area contributed by atoms with Crippen molar-refractivity contribution in [1.82, 2.24) is 14.5 Å². The summed E-state index contributed by atoms with van der Waals surface area (Å²) >= 11 is 0. The summed E-state index contributed by atoms with van der Waals surface area (Å²) in [6.45, 7) is 4.68. The van der Waals surface area contributed by atoms with Gasteiger partial charge in [-0.05, 0) is 69.9 Å². The largest absolute Gasteiger partial charge is 0.356 e. The number of likely N-dealkylation sites (tertiary alicyclic amines) is 1. The number of rotatable bonds is 7. The fraction of sp³-hybridized carbons (Fsp3) is 0.600. The number of piperidine rings is 1. The number of hydrogen-bond acceptors (Lipinski definition) is 5. The third-order valence-corrected chi connectivity index (χ3v) is 7.47. The van der Waals surface area contributed by atoms with Crippen molar-refractivity contribution in [3.63, 3.8) is 0 Å². The van der Waals surface area contributed by atoms with Gasteiger partial charge in [0.15, 0.2) is 0 Å². The number of benzene rings is 1. The number of nitriles is 1. The van der Waals surface area contributed by atoms with Crippen LogP contribution in [0.1, 0.15) is 37.7 Å². The minimum atomic E-state index is -3.63. The molecule has 2 heterocycles. The van der Waals surface area contributed by atoms with Gasteiger partial charge in [-0.15, -0.1) is 0 Å². The zero-order valence-corrected chi connectivity index (χ0v) is 17.0. The van der Waals surface area contributed by atoms with Crippen molar-refractivity contribution in [2.75, 3.05) is 39.3 Å². The molecule has 3 rings (SSSR count). The molecular formula is C20H28N4O3S. The number of nitrogens with zero attached hydrogens (tertiary/aromatic N) is 3. The van der Waals surface area contributed by atoms with Crippen molar-refractivity contribution in [2.45, 2.75) is 37.0 Å². The zero-order chi connectivity index (χ0) is 20.0. The molecule has 152 valence electrons. The maximum atomic E-state index is 12.8. The minimum Gasteiger partial charge on any atom is -0.356 e. The number of hydrogen-bond donors (Lipinski definition) is 1. The summed E-state index contributed by atoms with van der Waals surface area (Å²) in [7, 11) is -3.63. The van der Waals surface area contributed by atoms with E-state index in [1.54, 1.807) is 12.1 Å². The van der Waals surface area contributed by atoms with Gasteiger partial charge in [-0.25, -0.2) is 8.42 Å².